The van der Waals surface area contributed by atoms with Crippen molar-refractivity contribution in [1.29, 1.82) is 0 Å². The molecule has 2 saturated heterocycles. The van der Waals surface area contributed by atoms with Crippen molar-refractivity contribution >= 4 is 17.3 Å². The number of rotatable bonds is 3. The van der Waals surface area contributed by atoms with E-state index in [-0.39, 0.29) is 11.9 Å². The number of hydrogen-bond donors (Lipinski definition) is 1. The molecule has 154 valence electrons. The van der Waals surface area contributed by atoms with Crippen molar-refractivity contribution in [3.63, 3.8) is 0 Å². The topological polar surface area (TPSA) is 49.6 Å². The van der Waals surface area contributed by atoms with Crippen LogP contribution in [0, 0.1) is 0 Å². The van der Waals surface area contributed by atoms with E-state index in [1.165, 1.54) is 64.2 Å². The van der Waals surface area contributed by atoms with Crippen LogP contribution in [0.1, 0.15) is 84.0 Å². The molecule has 4 heteroatoms. The SMILES string of the molecule is CC(=O)N(c1ccccc1N)C1CC2CCCC(C1)N2C1CCCCCCC1. The number of piperidine rings is 2. The number of fused-ring (bicyclic) bond motifs is 2. The molecule has 2 unspecified atom stereocenters. The van der Waals surface area contributed by atoms with E-state index in [1.54, 1.807) is 6.92 Å². The van der Waals surface area contributed by atoms with E-state index in [9.17, 15) is 4.79 Å². The van der Waals surface area contributed by atoms with E-state index in [2.05, 4.69) is 4.90 Å². The molecule has 0 radical (unpaired) electrons. The summed E-state index contributed by atoms with van der Waals surface area (Å²) in [5, 5.41) is 0. The number of carbonyl (C=O) groups is 1. The number of hydrogen-bond acceptors (Lipinski definition) is 3. The molecule has 1 amide bonds. The molecule has 2 aliphatic heterocycles. The Hall–Kier alpha value is -1.55. The van der Waals surface area contributed by atoms with Gasteiger partial charge in [0.2, 0.25) is 5.91 Å². The standard InChI is InChI=1S/C24H37N3O/c1-18(28)26(24-15-8-7-14-23(24)25)22-16-20-12-9-13-21(17-22)27(20)19-10-5-3-2-4-6-11-19/h7-8,14-15,19-22H,2-6,9-13,16-17,25H2,1H3. The number of anilines is 2. The molecule has 2 atom stereocenters. The van der Waals surface area contributed by atoms with E-state index in [0.717, 1.165) is 24.6 Å². The number of nitrogen functional groups attached to an aromatic ring is 1. The summed E-state index contributed by atoms with van der Waals surface area (Å²) < 4.78 is 0. The largest absolute Gasteiger partial charge is 0.397 e. The smallest absolute Gasteiger partial charge is 0.224 e. The lowest BCUT2D eigenvalue weighted by Crippen LogP contribution is -2.60. The first-order valence-electron chi connectivity index (χ1n) is 11.6. The number of benzene rings is 1. The van der Waals surface area contributed by atoms with Gasteiger partial charge < -0.3 is 10.6 Å². The van der Waals surface area contributed by atoms with Crippen LogP contribution in [0.3, 0.4) is 0 Å². The van der Waals surface area contributed by atoms with Crippen molar-refractivity contribution in [1.82, 2.24) is 4.90 Å². The fourth-order valence-electron chi connectivity index (χ4n) is 6.26. The molecule has 2 heterocycles. The Bertz CT molecular complexity index is 654. The van der Waals surface area contributed by atoms with Crippen LogP contribution >= 0.6 is 0 Å². The molecule has 2 bridgehead atoms. The Morgan fingerprint density at radius 2 is 1.46 bits per heavy atom. The van der Waals surface area contributed by atoms with Gasteiger partial charge in [-0.05, 0) is 50.7 Å². The van der Waals surface area contributed by atoms with Crippen LogP contribution in [-0.2, 0) is 4.79 Å². The highest BCUT2D eigenvalue weighted by molar-refractivity contribution is 5.95. The minimum atomic E-state index is 0.125. The summed E-state index contributed by atoms with van der Waals surface area (Å²) in [6.45, 7) is 1.70. The van der Waals surface area contributed by atoms with Crippen LogP contribution in [0.5, 0.6) is 0 Å². The van der Waals surface area contributed by atoms with Gasteiger partial charge in [-0.15, -0.1) is 0 Å². The van der Waals surface area contributed by atoms with Gasteiger partial charge in [-0.2, -0.15) is 0 Å². The molecule has 1 saturated carbocycles. The molecule has 1 aliphatic carbocycles. The second-order valence-electron chi connectivity index (χ2n) is 9.26. The van der Waals surface area contributed by atoms with Gasteiger partial charge in [-0.3, -0.25) is 9.69 Å². The molecule has 4 rings (SSSR count). The quantitative estimate of drug-likeness (QED) is 0.737. The molecular formula is C24H37N3O. The Kier molecular flexibility index (Phi) is 6.25. The van der Waals surface area contributed by atoms with Gasteiger partial charge >= 0.3 is 0 Å². The third kappa shape index (κ3) is 4.07. The molecule has 1 aromatic rings. The molecular weight excluding hydrogens is 346 g/mol. The van der Waals surface area contributed by atoms with Gasteiger partial charge in [0.15, 0.2) is 0 Å². The highest BCUT2D eigenvalue weighted by Crippen LogP contribution is 2.41. The number of amides is 1. The zero-order chi connectivity index (χ0) is 19.5. The molecule has 28 heavy (non-hydrogen) atoms. The summed E-state index contributed by atoms with van der Waals surface area (Å²) >= 11 is 0. The lowest BCUT2D eigenvalue weighted by molar-refractivity contribution is -0.117. The Morgan fingerprint density at radius 3 is 2.07 bits per heavy atom. The zero-order valence-electron chi connectivity index (χ0n) is 17.5. The first-order valence-corrected chi connectivity index (χ1v) is 11.6. The summed E-state index contributed by atoms with van der Waals surface area (Å²) in [4.78, 5) is 17.6. The van der Waals surface area contributed by atoms with Gasteiger partial charge in [0.25, 0.3) is 0 Å². The second kappa shape index (κ2) is 8.86. The third-order valence-electron chi connectivity index (χ3n) is 7.40. The summed E-state index contributed by atoms with van der Waals surface area (Å²) in [7, 11) is 0. The van der Waals surface area contributed by atoms with E-state index < -0.39 is 0 Å². The molecule has 3 aliphatic rings. The lowest BCUT2D eigenvalue weighted by Gasteiger charge is -2.54. The molecule has 0 aromatic heterocycles. The van der Waals surface area contributed by atoms with E-state index in [1.807, 2.05) is 29.2 Å². The van der Waals surface area contributed by atoms with Crippen LogP contribution < -0.4 is 10.6 Å². The normalized spacial score (nSPS) is 29.7. The maximum absolute atomic E-state index is 12.6. The first-order chi connectivity index (χ1) is 13.6. The van der Waals surface area contributed by atoms with Gasteiger partial charge in [-0.25, -0.2) is 0 Å². The van der Waals surface area contributed by atoms with Crippen molar-refractivity contribution in [3.05, 3.63) is 24.3 Å². The maximum atomic E-state index is 12.6. The predicted octanol–water partition coefficient (Wildman–Crippen LogP) is 5.12. The van der Waals surface area contributed by atoms with Crippen LogP contribution in [-0.4, -0.2) is 35.0 Å². The van der Waals surface area contributed by atoms with E-state index in [4.69, 9.17) is 5.73 Å². The monoisotopic (exact) mass is 383 g/mol. The number of nitrogens with two attached hydrogens (primary N) is 1. The number of para-hydroxylation sites is 2. The minimum Gasteiger partial charge on any atom is -0.397 e. The number of carbonyl (C=O) groups excluding carboxylic acids is 1. The van der Waals surface area contributed by atoms with Crippen molar-refractivity contribution in [2.75, 3.05) is 10.6 Å². The Morgan fingerprint density at radius 1 is 0.893 bits per heavy atom. The van der Waals surface area contributed by atoms with Gasteiger partial charge in [0.05, 0.1) is 11.4 Å². The number of nitrogens with zero attached hydrogens (tertiary/aromatic N) is 2. The van der Waals surface area contributed by atoms with Crippen molar-refractivity contribution in [2.24, 2.45) is 0 Å². The van der Waals surface area contributed by atoms with Crippen LogP contribution in [0.2, 0.25) is 0 Å². The molecule has 1 aromatic carbocycles. The fraction of sp³-hybridized carbons (Fsp3) is 0.708. The van der Waals surface area contributed by atoms with Crippen molar-refractivity contribution in [3.8, 4) is 0 Å². The van der Waals surface area contributed by atoms with Crippen LogP contribution in [0.25, 0.3) is 0 Å². The first kappa shape index (κ1) is 19.8. The average molecular weight is 384 g/mol. The van der Waals surface area contributed by atoms with Gasteiger partial charge in [0, 0.05) is 31.1 Å². The Labute approximate surface area is 170 Å². The van der Waals surface area contributed by atoms with Gasteiger partial charge in [-0.1, -0.05) is 50.7 Å². The fourth-order valence-corrected chi connectivity index (χ4v) is 6.26. The summed E-state index contributed by atoms with van der Waals surface area (Å²) in [5.41, 5.74) is 7.87. The molecule has 4 nitrogen and oxygen atoms in total. The summed E-state index contributed by atoms with van der Waals surface area (Å²) in [6.07, 6.45) is 15.9. The third-order valence-corrected chi connectivity index (χ3v) is 7.40. The van der Waals surface area contributed by atoms with Crippen LogP contribution in [0.15, 0.2) is 24.3 Å². The van der Waals surface area contributed by atoms with Crippen molar-refractivity contribution in [2.45, 2.75) is 108 Å². The predicted molar refractivity (Wildman–Crippen MR) is 116 cm³/mol. The van der Waals surface area contributed by atoms with Crippen LogP contribution in [0.4, 0.5) is 11.4 Å². The van der Waals surface area contributed by atoms with Gasteiger partial charge in [0.1, 0.15) is 0 Å². The lowest BCUT2D eigenvalue weighted by atomic mass is 9.78. The molecule has 3 fully saturated rings. The minimum absolute atomic E-state index is 0.125. The summed E-state index contributed by atoms with van der Waals surface area (Å²) in [6, 6.07) is 10.2. The van der Waals surface area contributed by atoms with E-state index >= 15 is 0 Å². The zero-order valence-corrected chi connectivity index (χ0v) is 17.5. The maximum Gasteiger partial charge on any atom is 0.224 e. The van der Waals surface area contributed by atoms with E-state index in [0.29, 0.717) is 17.8 Å². The Balaban J connectivity index is 1.55. The summed E-state index contributed by atoms with van der Waals surface area (Å²) in [5.74, 6) is 0.125. The molecule has 0 spiro atoms. The molecule has 2 N–H and O–H groups in total. The average Bonchev–Trinajstić information content (AvgIpc) is 2.63. The highest BCUT2D eigenvalue weighted by Gasteiger charge is 2.43. The van der Waals surface area contributed by atoms with Crippen molar-refractivity contribution < 1.29 is 4.79 Å². The highest BCUT2D eigenvalue weighted by atomic mass is 16.2. The second-order valence-corrected chi connectivity index (χ2v) is 9.26.